The van der Waals surface area contributed by atoms with Crippen LogP contribution in [0.3, 0.4) is 0 Å². The molecular weight excluding hydrogens is 367 g/mol. The number of rotatable bonds is 8. The van der Waals surface area contributed by atoms with Gasteiger partial charge in [0.1, 0.15) is 17.5 Å². The molecule has 0 spiro atoms. The molecule has 1 aliphatic heterocycles. The number of ether oxygens (including phenoxy) is 1. The number of hydrogen-bond donors (Lipinski definition) is 2. The van der Waals surface area contributed by atoms with Crippen molar-refractivity contribution in [2.45, 2.75) is 25.4 Å². The van der Waals surface area contributed by atoms with Gasteiger partial charge in [-0.05, 0) is 37.0 Å². The van der Waals surface area contributed by atoms with E-state index in [-0.39, 0.29) is 11.9 Å². The molecule has 29 heavy (non-hydrogen) atoms. The van der Waals surface area contributed by atoms with Gasteiger partial charge in [-0.2, -0.15) is 0 Å². The Morgan fingerprint density at radius 3 is 2.45 bits per heavy atom. The van der Waals surface area contributed by atoms with Crippen molar-refractivity contribution in [2.75, 3.05) is 30.3 Å². The monoisotopic (exact) mass is 392 g/mol. The molecule has 3 aromatic rings. The topological polar surface area (TPSA) is 59.1 Å². The molecule has 0 bridgehead atoms. The van der Waals surface area contributed by atoms with Crippen LogP contribution in [0.25, 0.3) is 11.4 Å². The first-order valence-corrected chi connectivity index (χ1v) is 10.0. The largest absolute Gasteiger partial charge is 0.376 e. The number of halogens is 1. The highest BCUT2D eigenvalue weighted by Gasteiger charge is 2.15. The molecule has 2 aromatic carbocycles. The van der Waals surface area contributed by atoms with E-state index in [0.29, 0.717) is 12.4 Å². The van der Waals surface area contributed by atoms with E-state index in [1.54, 1.807) is 12.1 Å². The van der Waals surface area contributed by atoms with Crippen LogP contribution in [-0.4, -0.2) is 35.8 Å². The van der Waals surface area contributed by atoms with Gasteiger partial charge in [0.15, 0.2) is 5.82 Å². The van der Waals surface area contributed by atoms with Gasteiger partial charge in [-0.25, -0.2) is 14.4 Å². The van der Waals surface area contributed by atoms with E-state index in [9.17, 15) is 4.39 Å². The molecule has 0 saturated carbocycles. The Labute approximate surface area is 170 Å². The minimum atomic E-state index is -0.216. The molecule has 5 nitrogen and oxygen atoms in total. The Bertz CT molecular complexity index is 912. The van der Waals surface area contributed by atoms with Crippen molar-refractivity contribution in [1.29, 1.82) is 0 Å². The van der Waals surface area contributed by atoms with Crippen LogP contribution in [0.2, 0.25) is 0 Å². The molecule has 4 rings (SSSR count). The highest BCUT2D eigenvalue weighted by atomic mass is 19.1. The van der Waals surface area contributed by atoms with E-state index in [0.717, 1.165) is 55.2 Å². The van der Waals surface area contributed by atoms with E-state index in [1.807, 2.05) is 36.4 Å². The van der Waals surface area contributed by atoms with Crippen molar-refractivity contribution in [3.8, 4) is 11.4 Å². The molecule has 0 radical (unpaired) electrons. The first kappa shape index (κ1) is 19.3. The van der Waals surface area contributed by atoms with Gasteiger partial charge in [0.2, 0.25) is 0 Å². The van der Waals surface area contributed by atoms with Crippen LogP contribution < -0.4 is 10.6 Å². The number of anilines is 2. The van der Waals surface area contributed by atoms with Crippen molar-refractivity contribution in [3.63, 3.8) is 0 Å². The normalized spacial score (nSPS) is 16.0. The maximum Gasteiger partial charge on any atom is 0.163 e. The zero-order chi connectivity index (χ0) is 19.9. The fourth-order valence-electron chi connectivity index (χ4n) is 3.35. The molecular formula is C23H25FN4O. The van der Waals surface area contributed by atoms with Gasteiger partial charge >= 0.3 is 0 Å². The summed E-state index contributed by atoms with van der Waals surface area (Å²) in [5, 5.41) is 6.76. The molecule has 1 fully saturated rings. The molecule has 1 unspecified atom stereocenters. The second kappa shape index (κ2) is 9.47. The summed E-state index contributed by atoms with van der Waals surface area (Å²) in [6.07, 6.45) is 3.21. The van der Waals surface area contributed by atoms with Crippen LogP contribution in [-0.2, 0) is 11.2 Å². The van der Waals surface area contributed by atoms with Crippen LogP contribution in [0.4, 0.5) is 16.0 Å². The summed E-state index contributed by atoms with van der Waals surface area (Å²) in [5.41, 5.74) is 2.04. The van der Waals surface area contributed by atoms with Crippen LogP contribution >= 0.6 is 0 Å². The van der Waals surface area contributed by atoms with Crippen LogP contribution in [0.15, 0.2) is 60.7 Å². The Kier molecular flexibility index (Phi) is 6.32. The number of benzene rings is 2. The first-order chi connectivity index (χ1) is 14.3. The van der Waals surface area contributed by atoms with Gasteiger partial charge in [-0.3, -0.25) is 0 Å². The maximum absolute atomic E-state index is 13.1. The predicted octanol–water partition coefficient (Wildman–Crippen LogP) is 4.53. The Balaban J connectivity index is 1.46. The standard InChI is InChI=1S/C23H25FN4O/c24-19-10-8-17(9-11-19)12-13-25-21-15-22(26-16-20-7-4-14-29-20)28-23(27-21)18-5-2-1-3-6-18/h1-3,5-6,8-11,15,20H,4,7,12-14,16H2,(H2,25,26,27,28). The minimum absolute atomic E-state index is 0.216. The average molecular weight is 392 g/mol. The van der Waals surface area contributed by atoms with E-state index in [1.165, 1.54) is 12.1 Å². The SMILES string of the molecule is Fc1ccc(CCNc2cc(NCC3CCCO3)nc(-c3ccccc3)n2)cc1. The highest BCUT2D eigenvalue weighted by molar-refractivity contribution is 5.61. The Morgan fingerprint density at radius 1 is 0.966 bits per heavy atom. The van der Waals surface area contributed by atoms with E-state index in [2.05, 4.69) is 20.6 Å². The maximum atomic E-state index is 13.1. The van der Waals surface area contributed by atoms with Crippen molar-refractivity contribution >= 4 is 11.6 Å². The molecule has 2 N–H and O–H groups in total. The summed E-state index contributed by atoms with van der Waals surface area (Å²) in [5.74, 6) is 1.99. The summed E-state index contributed by atoms with van der Waals surface area (Å²) in [7, 11) is 0. The summed E-state index contributed by atoms with van der Waals surface area (Å²) in [6.45, 7) is 2.27. The number of aromatic nitrogens is 2. The molecule has 1 aliphatic rings. The molecule has 6 heteroatoms. The van der Waals surface area contributed by atoms with E-state index in [4.69, 9.17) is 4.74 Å². The Hall–Kier alpha value is -2.99. The van der Waals surface area contributed by atoms with Gasteiger partial charge in [0.05, 0.1) is 6.10 Å². The van der Waals surface area contributed by atoms with Crippen LogP contribution in [0, 0.1) is 5.82 Å². The zero-order valence-corrected chi connectivity index (χ0v) is 16.3. The minimum Gasteiger partial charge on any atom is -0.376 e. The van der Waals surface area contributed by atoms with Crippen molar-refractivity contribution in [3.05, 3.63) is 72.0 Å². The van der Waals surface area contributed by atoms with E-state index < -0.39 is 0 Å². The lowest BCUT2D eigenvalue weighted by atomic mass is 10.1. The quantitative estimate of drug-likeness (QED) is 0.590. The fourth-order valence-corrected chi connectivity index (χ4v) is 3.35. The summed E-state index contributed by atoms with van der Waals surface area (Å²) >= 11 is 0. The van der Waals surface area contributed by atoms with Gasteiger partial charge < -0.3 is 15.4 Å². The predicted molar refractivity (Wildman–Crippen MR) is 114 cm³/mol. The molecule has 1 aromatic heterocycles. The lowest BCUT2D eigenvalue weighted by Gasteiger charge is -2.14. The zero-order valence-electron chi connectivity index (χ0n) is 16.3. The molecule has 1 saturated heterocycles. The third-order valence-corrected chi connectivity index (χ3v) is 4.93. The Morgan fingerprint density at radius 2 is 1.72 bits per heavy atom. The lowest BCUT2D eigenvalue weighted by molar-refractivity contribution is 0.120. The summed E-state index contributed by atoms with van der Waals surface area (Å²) in [4.78, 5) is 9.36. The molecule has 0 aliphatic carbocycles. The van der Waals surface area contributed by atoms with Crippen molar-refractivity contribution < 1.29 is 9.13 Å². The number of nitrogens with one attached hydrogen (secondary N) is 2. The van der Waals surface area contributed by atoms with Gasteiger partial charge in [-0.15, -0.1) is 0 Å². The number of hydrogen-bond acceptors (Lipinski definition) is 5. The smallest absolute Gasteiger partial charge is 0.163 e. The number of nitrogens with zero attached hydrogens (tertiary/aromatic N) is 2. The second-order valence-corrected chi connectivity index (χ2v) is 7.15. The third-order valence-electron chi connectivity index (χ3n) is 4.93. The van der Waals surface area contributed by atoms with Gasteiger partial charge in [0, 0.05) is 31.3 Å². The molecule has 0 amide bonds. The highest BCUT2D eigenvalue weighted by Crippen LogP contribution is 2.21. The third kappa shape index (κ3) is 5.51. The summed E-state index contributed by atoms with van der Waals surface area (Å²) in [6, 6.07) is 18.4. The fraction of sp³-hybridized carbons (Fsp3) is 0.304. The first-order valence-electron chi connectivity index (χ1n) is 10.0. The van der Waals surface area contributed by atoms with Crippen LogP contribution in [0.5, 0.6) is 0 Å². The van der Waals surface area contributed by atoms with Crippen LogP contribution in [0.1, 0.15) is 18.4 Å². The molecule has 1 atom stereocenters. The lowest BCUT2D eigenvalue weighted by Crippen LogP contribution is -2.19. The van der Waals surface area contributed by atoms with Gasteiger partial charge in [-0.1, -0.05) is 42.5 Å². The summed E-state index contributed by atoms with van der Waals surface area (Å²) < 4.78 is 18.8. The van der Waals surface area contributed by atoms with E-state index >= 15 is 0 Å². The molecule has 150 valence electrons. The second-order valence-electron chi connectivity index (χ2n) is 7.15. The molecule has 2 heterocycles. The van der Waals surface area contributed by atoms with Gasteiger partial charge in [0.25, 0.3) is 0 Å². The average Bonchev–Trinajstić information content (AvgIpc) is 3.28. The van der Waals surface area contributed by atoms with Crippen molar-refractivity contribution in [2.24, 2.45) is 0 Å². The van der Waals surface area contributed by atoms with Crippen molar-refractivity contribution in [1.82, 2.24) is 9.97 Å².